The summed E-state index contributed by atoms with van der Waals surface area (Å²) in [6, 6.07) is 5.98. The maximum Gasteiger partial charge on any atom is 0.335 e. The Kier molecular flexibility index (Phi) is 2.62. The van der Waals surface area contributed by atoms with Gasteiger partial charge in [0.25, 0.3) is 0 Å². The molecule has 1 aromatic carbocycles. The van der Waals surface area contributed by atoms with Gasteiger partial charge in [0, 0.05) is 11.8 Å². The van der Waals surface area contributed by atoms with Gasteiger partial charge in [0.15, 0.2) is 0 Å². The van der Waals surface area contributed by atoms with Crippen LogP contribution in [0.4, 0.5) is 5.69 Å². The molecule has 98 valence electrons. The van der Waals surface area contributed by atoms with Gasteiger partial charge in [0.1, 0.15) is 0 Å². The molecular weight excluding hydrogens is 246 g/mol. The van der Waals surface area contributed by atoms with Crippen molar-refractivity contribution in [1.29, 1.82) is 0 Å². The molecule has 1 N–H and O–H groups in total. The molecule has 2 fully saturated rings. The molecule has 1 aliphatic heterocycles. The molecule has 1 saturated heterocycles. The number of fused-ring (bicyclic) bond motifs is 2. The molecule has 3 rings (SSSR count). The van der Waals surface area contributed by atoms with Crippen molar-refractivity contribution >= 4 is 23.5 Å². The van der Waals surface area contributed by atoms with Gasteiger partial charge >= 0.3 is 5.97 Å². The minimum absolute atomic E-state index is 0.0796. The van der Waals surface area contributed by atoms with Crippen LogP contribution in [0.2, 0.25) is 0 Å². The second kappa shape index (κ2) is 4.19. The van der Waals surface area contributed by atoms with Crippen molar-refractivity contribution < 1.29 is 19.5 Å². The zero-order valence-electron chi connectivity index (χ0n) is 10.2. The van der Waals surface area contributed by atoms with E-state index >= 15 is 0 Å². The third kappa shape index (κ3) is 1.82. The fraction of sp³-hybridized carbons (Fsp3) is 0.357. The van der Waals surface area contributed by atoms with Crippen LogP contribution in [0.3, 0.4) is 0 Å². The summed E-state index contributed by atoms with van der Waals surface area (Å²) in [5.74, 6) is -1.63. The maximum absolute atomic E-state index is 12.2. The second-order valence-corrected chi connectivity index (χ2v) is 5.07. The number of carbonyl (C=O) groups is 3. The third-order valence-electron chi connectivity index (χ3n) is 3.92. The number of carboxylic acids is 1. The van der Waals surface area contributed by atoms with Gasteiger partial charge in [-0.05, 0) is 37.5 Å². The summed E-state index contributed by atoms with van der Waals surface area (Å²) in [6.45, 7) is 0. The molecule has 19 heavy (non-hydrogen) atoms. The number of anilines is 1. The van der Waals surface area contributed by atoms with Gasteiger partial charge in [-0.15, -0.1) is 0 Å². The number of carboxylic acid groups (broad SMARTS) is 1. The van der Waals surface area contributed by atoms with E-state index in [9.17, 15) is 14.4 Å². The number of piperidine rings is 1. The highest BCUT2D eigenvalue weighted by molar-refractivity contribution is 6.18. The molecule has 2 aliphatic rings. The number of aromatic carboxylic acids is 1. The molecule has 0 radical (unpaired) electrons. The Morgan fingerprint density at radius 3 is 2.37 bits per heavy atom. The SMILES string of the molecule is O=C(O)c1cccc(N2C(=O)C3CCC(C3)C2=O)c1. The van der Waals surface area contributed by atoms with Crippen LogP contribution in [0.25, 0.3) is 0 Å². The van der Waals surface area contributed by atoms with Crippen LogP contribution in [0.15, 0.2) is 24.3 Å². The van der Waals surface area contributed by atoms with Crippen molar-refractivity contribution in [3.05, 3.63) is 29.8 Å². The monoisotopic (exact) mass is 259 g/mol. The highest BCUT2D eigenvalue weighted by Crippen LogP contribution is 2.40. The molecule has 5 nitrogen and oxygen atoms in total. The van der Waals surface area contributed by atoms with Crippen LogP contribution in [0.1, 0.15) is 29.6 Å². The number of rotatable bonds is 2. The molecule has 5 heteroatoms. The summed E-state index contributed by atoms with van der Waals surface area (Å²) in [4.78, 5) is 36.6. The zero-order chi connectivity index (χ0) is 13.6. The van der Waals surface area contributed by atoms with Gasteiger partial charge in [0.05, 0.1) is 11.3 Å². The molecule has 1 aliphatic carbocycles. The molecular formula is C14H13NO4. The van der Waals surface area contributed by atoms with Gasteiger partial charge in [-0.25, -0.2) is 4.79 Å². The Morgan fingerprint density at radius 1 is 1.16 bits per heavy atom. The number of nitrogens with zero attached hydrogens (tertiary/aromatic N) is 1. The number of carbonyl (C=O) groups excluding carboxylic acids is 2. The van der Waals surface area contributed by atoms with Crippen molar-refractivity contribution in [3.8, 4) is 0 Å². The normalized spacial score (nSPS) is 25.8. The van der Waals surface area contributed by atoms with Crippen LogP contribution >= 0.6 is 0 Å². The lowest BCUT2D eigenvalue weighted by molar-refractivity contribution is -0.133. The quantitative estimate of drug-likeness (QED) is 0.820. The van der Waals surface area contributed by atoms with Crippen LogP contribution in [0, 0.1) is 11.8 Å². The first kappa shape index (κ1) is 11.9. The molecule has 0 spiro atoms. The fourth-order valence-electron chi connectivity index (χ4n) is 2.94. The Hall–Kier alpha value is -2.17. The fourth-order valence-corrected chi connectivity index (χ4v) is 2.94. The second-order valence-electron chi connectivity index (χ2n) is 5.07. The largest absolute Gasteiger partial charge is 0.478 e. The van der Waals surface area contributed by atoms with Gasteiger partial charge in [-0.2, -0.15) is 0 Å². The van der Waals surface area contributed by atoms with Gasteiger partial charge in [-0.1, -0.05) is 6.07 Å². The van der Waals surface area contributed by atoms with E-state index in [1.165, 1.54) is 12.1 Å². The minimum Gasteiger partial charge on any atom is -0.478 e. The van der Waals surface area contributed by atoms with Gasteiger partial charge < -0.3 is 5.11 Å². The number of benzene rings is 1. The van der Waals surface area contributed by atoms with Crippen molar-refractivity contribution in [1.82, 2.24) is 0 Å². The third-order valence-corrected chi connectivity index (χ3v) is 3.92. The summed E-state index contributed by atoms with van der Waals surface area (Å²) >= 11 is 0. The first-order valence-corrected chi connectivity index (χ1v) is 6.29. The van der Waals surface area contributed by atoms with E-state index in [0.29, 0.717) is 12.1 Å². The minimum atomic E-state index is -1.07. The number of hydrogen-bond acceptors (Lipinski definition) is 3. The molecule has 2 unspecified atom stereocenters. The highest BCUT2D eigenvalue weighted by atomic mass is 16.4. The van der Waals surface area contributed by atoms with Gasteiger partial charge in [0.2, 0.25) is 11.8 Å². The summed E-state index contributed by atoms with van der Waals surface area (Å²) in [5, 5.41) is 8.97. The zero-order valence-corrected chi connectivity index (χ0v) is 10.2. The average Bonchev–Trinajstić information content (AvgIpc) is 2.84. The predicted molar refractivity (Wildman–Crippen MR) is 66.7 cm³/mol. The van der Waals surface area contributed by atoms with E-state index in [1.54, 1.807) is 12.1 Å². The lowest BCUT2D eigenvalue weighted by Gasteiger charge is -2.29. The Balaban J connectivity index is 2.01. The van der Waals surface area contributed by atoms with Crippen LogP contribution in [0.5, 0.6) is 0 Å². The summed E-state index contributed by atoms with van der Waals surface area (Å²) in [6.07, 6.45) is 2.15. The maximum atomic E-state index is 12.2. The standard InChI is InChI=1S/C14H13NO4/c16-12-8-4-5-9(6-8)13(17)15(12)11-3-1-2-10(7-11)14(18)19/h1-3,7-9H,4-6H2,(H,18,19). The summed E-state index contributed by atoms with van der Waals surface area (Å²) < 4.78 is 0. The topological polar surface area (TPSA) is 74.7 Å². The number of imide groups is 1. The Bertz CT molecular complexity index is 559. The molecule has 0 aromatic heterocycles. The van der Waals surface area contributed by atoms with E-state index in [4.69, 9.17) is 5.11 Å². The van der Waals surface area contributed by atoms with Crippen LogP contribution in [-0.2, 0) is 9.59 Å². The first-order chi connectivity index (χ1) is 9.08. The Morgan fingerprint density at radius 2 is 1.79 bits per heavy atom. The van der Waals surface area contributed by atoms with Crippen molar-refractivity contribution in [3.63, 3.8) is 0 Å². The smallest absolute Gasteiger partial charge is 0.335 e. The number of amides is 2. The van der Waals surface area contributed by atoms with Crippen LogP contribution < -0.4 is 4.90 Å². The first-order valence-electron chi connectivity index (χ1n) is 6.29. The van der Waals surface area contributed by atoms with E-state index in [0.717, 1.165) is 17.7 Å². The average molecular weight is 259 g/mol. The molecule has 1 aromatic rings. The highest BCUT2D eigenvalue weighted by Gasteiger charge is 2.45. The molecule has 1 heterocycles. The van der Waals surface area contributed by atoms with Crippen molar-refractivity contribution in [2.75, 3.05) is 4.90 Å². The van der Waals surface area contributed by atoms with E-state index in [2.05, 4.69) is 0 Å². The summed E-state index contributed by atoms with van der Waals surface area (Å²) in [5.41, 5.74) is 0.447. The molecule has 2 atom stereocenters. The molecule has 1 saturated carbocycles. The Labute approximate surface area is 109 Å². The van der Waals surface area contributed by atoms with E-state index in [1.807, 2.05) is 0 Å². The van der Waals surface area contributed by atoms with E-state index < -0.39 is 5.97 Å². The van der Waals surface area contributed by atoms with Gasteiger partial charge in [-0.3, -0.25) is 14.5 Å². The van der Waals surface area contributed by atoms with Crippen LogP contribution in [-0.4, -0.2) is 22.9 Å². The lowest BCUT2D eigenvalue weighted by Crippen LogP contribution is -2.46. The van der Waals surface area contributed by atoms with E-state index in [-0.39, 0.29) is 29.2 Å². The summed E-state index contributed by atoms with van der Waals surface area (Å²) in [7, 11) is 0. The predicted octanol–water partition coefficient (Wildman–Crippen LogP) is 1.67. The van der Waals surface area contributed by atoms with Crippen molar-refractivity contribution in [2.24, 2.45) is 11.8 Å². The van der Waals surface area contributed by atoms with Crippen molar-refractivity contribution in [2.45, 2.75) is 19.3 Å². The number of hydrogen-bond donors (Lipinski definition) is 1. The lowest BCUT2D eigenvalue weighted by atomic mass is 9.96. The molecule has 2 bridgehead atoms. The molecule has 2 amide bonds.